The van der Waals surface area contributed by atoms with Crippen LogP contribution in [0.3, 0.4) is 0 Å². The van der Waals surface area contributed by atoms with Gasteiger partial charge in [-0.1, -0.05) is 57.0 Å². The quantitative estimate of drug-likeness (QED) is 0.398. The van der Waals surface area contributed by atoms with Gasteiger partial charge in [0.2, 0.25) is 0 Å². The molecule has 0 radical (unpaired) electrons. The summed E-state index contributed by atoms with van der Waals surface area (Å²) in [5.41, 5.74) is 3.72. The average Bonchev–Trinajstić information content (AvgIpc) is 2.52. The van der Waals surface area contributed by atoms with E-state index in [-0.39, 0.29) is 0 Å². The summed E-state index contributed by atoms with van der Waals surface area (Å²) in [4.78, 5) is 0. The van der Waals surface area contributed by atoms with Gasteiger partial charge in [0.25, 0.3) is 0 Å². The number of ether oxygens (including phenoxy) is 2. The van der Waals surface area contributed by atoms with E-state index in [9.17, 15) is 5.11 Å². The lowest BCUT2D eigenvalue weighted by Gasteiger charge is -2.14. The van der Waals surface area contributed by atoms with Crippen molar-refractivity contribution in [2.75, 3.05) is 7.11 Å². The Morgan fingerprint density at radius 3 is 2.52 bits per heavy atom. The van der Waals surface area contributed by atoms with E-state index >= 15 is 0 Å². The number of hydrogen-bond donors (Lipinski definition) is 1. The summed E-state index contributed by atoms with van der Waals surface area (Å²) in [6.07, 6.45) is 4.60. The maximum atomic E-state index is 10.1. The number of benzene rings is 1. The van der Waals surface area contributed by atoms with Gasteiger partial charge in [0.15, 0.2) is 5.76 Å². The van der Waals surface area contributed by atoms with Crippen LogP contribution in [0.5, 0.6) is 5.75 Å². The minimum atomic E-state index is -0.613. The molecule has 0 aromatic heterocycles. The van der Waals surface area contributed by atoms with E-state index < -0.39 is 6.10 Å². The Labute approximate surface area is 127 Å². The topological polar surface area (TPSA) is 38.7 Å². The van der Waals surface area contributed by atoms with Crippen molar-refractivity contribution in [3.63, 3.8) is 0 Å². The van der Waals surface area contributed by atoms with Crippen LogP contribution in [0.4, 0.5) is 0 Å². The molecule has 0 fully saturated rings. The summed E-state index contributed by atoms with van der Waals surface area (Å²) >= 11 is 0. The van der Waals surface area contributed by atoms with Crippen LogP contribution in [0.15, 0.2) is 42.3 Å². The maximum Gasteiger partial charge on any atom is 0.167 e. The summed E-state index contributed by atoms with van der Waals surface area (Å²) in [6.45, 7) is 6.17. The van der Waals surface area contributed by atoms with Gasteiger partial charge in [-0.2, -0.15) is 0 Å². The molecule has 0 saturated heterocycles. The lowest BCUT2D eigenvalue weighted by atomic mass is 10.1. The average molecular weight is 290 g/mol. The molecule has 0 aliphatic carbocycles. The molecule has 0 amide bonds. The van der Waals surface area contributed by atoms with Crippen LogP contribution >= 0.6 is 0 Å². The third-order valence-electron chi connectivity index (χ3n) is 3.36. The fraction of sp³-hybridized carbons (Fsp3) is 0.500. The molecule has 0 heterocycles. The second-order valence-corrected chi connectivity index (χ2v) is 5.04. The predicted octanol–water partition coefficient (Wildman–Crippen LogP) is 4.21. The second-order valence-electron chi connectivity index (χ2n) is 5.04. The van der Waals surface area contributed by atoms with E-state index in [4.69, 9.17) is 9.47 Å². The van der Waals surface area contributed by atoms with Crippen LogP contribution in [0.1, 0.15) is 44.6 Å². The van der Waals surface area contributed by atoms with Crippen LogP contribution in [0.2, 0.25) is 0 Å². The highest BCUT2D eigenvalue weighted by Gasteiger charge is 2.11. The zero-order chi connectivity index (χ0) is 15.5. The first-order valence-electron chi connectivity index (χ1n) is 7.55. The fourth-order valence-electron chi connectivity index (χ4n) is 2.04. The van der Waals surface area contributed by atoms with Crippen molar-refractivity contribution in [3.05, 3.63) is 47.9 Å². The number of unbranched alkanes of at least 4 members (excludes halogenated alkanes) is 3. The minimum Gasteiger partial charge on any atom is -0.497 e. The Morgan fingerprint density at radius 2 is 1.95 bits per heavy atom. The van der Waals surface area contributed by atoms with Crippen molar-refractivity contribution in [3.8, 4) is 5.75 Å². The lowest BCUT2D eigenvalue weighted by molar-refractivity contribution is 0.0882. The molecule has 3 nitrogen and oxygen atoms in total. The number of aliphatic hydroxyl groups excluding tert-OH is 1. The third kappa shape index (κ3) is 6.52. The molecular weight excluding hydrogens is 264 g/mol. The van der Waals surface area contributed by atoms with E-state index in [0.29, 0.717) is 18.8 Å². The zero-order valence-corrected chi connectivity index (χ0v) is 13.1. The molecule has 116 valence electrons. The van der Waals surface area contributed by atoms with Gasteiger partial charge < -0.3 is 14.6 Å². The van der Waals surface area contributed by atoms with Crippen molar-refractivity contribution < 1.29 is 14.6 Å². The van der Waals surface area contributed by atoms with E-state index in [2.05, 4.69) is 19.2 Å². The van der Waals surface area contributed by atoms with Gasteiger partial charge in [-0.05, 0) is 24.1 Å². The molecule has 0 aliphatic rings. The van der Waals surface area contributed by atoms with Gasteiger partial charge in [0, 0.05) is 0 Å². The molecule has 0 saturated carbocycles. The molecule has 3 heteroatoms. The molecule has 1 aromatic carbocycles. The summed E-state index contributed by atoms with van der Waals surface area (Å²) in [5.74, 6) is 1.25. The Kier molecular flexibility index (Phi) is 8.34. The molecule has 1 unspecified atom stereocenters. The van der Waals surface area contributed by atoms with Gasteiger partial charge in [-0.15, -0.1) is 0 Å². The molecule has 1 aromatic rings. The van der Waals surface area contributed by atoms with Crippen molar-refractivity contribution in [2.24, 2.45) is 0 Å². The summed E-state index contributed by atoms with van der Waals surface area (Å²) < 4.78 is 10.7. The summed E-state index contributed by atoms with van der Waals surface area (Å²) in [5, 5.41) is 10.1. The molecule has 0 bridgehead atoms. The highest BCUT2D eigenvalue weighted by Crippen LogP contribution is 2.16. The number of methoxy groups -OCH3 is 1. The van der Waals surface area contributed by atoms with Gasteiger partial charge in [-0.25, -0.2) is 0 Å². The van der Waals surface area contributed by atoms with Crippen LogP contribution in [0, 0.1) is 0 Å². The number of hydrogen-bond acceptors (Lipinski definition) is 3. The molecule has 0 spiro atoms. The maximum absolute atomic E-state index is 10.1. The molecule has 1 rings (SSSR count). The first-order chi connectivity index (χ1) is 10.2. The zero-order valence-electron chi connectivity index (χ0n) is 13.1. The monoisotopic (exact) mass is 290 g/mol. The SMILES string of the molecule is C=C=C(OCc1ccc(OC)cc1)C(O)CCCCCC. The van der Waals surface area contributed by atoms with Gasteiger partial charge in [-0.3, -0.25) is 0 Å². The summed E-state index contributed by atoms with van der Waals surface area (Å²) in [7, 11) is 1.64. The minimum absolute atomic E-state index is 0.397. The number of rotatable bonds is 10. The van der Waals surface area contributed by atoms with Gasteiger partial charge in [0.05, 0.1) is 7.11 Å². The lowest BCUT2D eigenvalue weighted by Crippen LogP contribution is -2.12. The van der Waals surface area contributed by atoms with Crippen LogP contribution in [-0.2, 0) is 11.3 Å². The molecule has 1 atom stereocenters. The Balaban J connectivity index is 2.41. The molecular formula is C18H26O3. The van der Waals surface area contributed by atoms with Crippen LogP contribution in [-0.4, -0.2) is 18.3 Å². The Morgan fingerprint density at radius 1 is 1.24 bits per heavy atom. The van der Waals surface area contributed by atoms with Crippen molar-refractivity contribution in [1.29, 1.82) is 0 Å². The van der Waals surface area contributed by atoms with E-state index in [1.807, 2.05) is 24.3 Å². The molecule has 21 heavy (non-hydrogen) atoms. The van der Waals surface area contributed by atoms with Crippen LogP contribution < -0.4 is 4.74 Å². The first kappa shape index (κ1) is 17.4. The van der Waals surface area contributed by atoms with Crippen molar-refractivity contribution in [1.82, 2.24) is 0 Å². The summed E-state index contributed by atoms with van der Waals surface area (Å²) in [6, 6.07) is 7.65. The van der Waals surface area contributed by atoms with E-state index in [0.717, 1.165) is 24.2 Å². The van der Waals surface area contributed by atoms with Crippen molar-refractivity contribution >= 4 is 0 Å². The normalized spacial score (nSPS) is 11.6. The second kappa shape index (κ2) is 10.1. The van der Waals surface area contributed by atoms with Gasteiger partial charge >= 0.3 is 0 Å². The van der Waals surface area contributed by atoms with Crippen molar-refractivity contribution in [2.45, 2.75) is 51.7 Å². The molecule has 1 N–H and O–H groups in total. The van der Waals surface area contributed by atoms with Crippen LogP contribution in [0.25, 0.3) is 0 Å². The standard InChI is InChI=1S/C18H26O3/c1-4-6-7-8-9-17(19)18(5-2)21-14-15-10-12-16(20-3)13-11-15/h10-13,17,19H,2,4,6-9,14H2,1,3H3. The smallest absolute Gasteiger partial charge is 0.167 e. The highest BCUT2D eigenvalue weighted by molar-refractivity contribution is 5.26. The third-order valence-corrected chi connectivity index (χ3v) is 3.36. The van der Waals surface area contributed by atoms with Gasteiger partial charge in [0.1, 0.15) is 18.5 Å². The largest absolute Gasteiger partial charge is 0.497 e. The highest BCUT2D eigenvalue weighted by atomic mass is 16.5. The molecule has 0 aliphatic heterocycles. The number of aliphatic hydroxyl groups is 1. The Hall–Kier alpha value is -1.70. The first-order valence-corrected chi connectivity index (χ1v) is 7.55. The Bertz CT molecular complexity index is 444. The van der Waals surface area contributed by atoms with E-state index in [1.54, 1.807) is 7.11 Å². The predicted molar refractivity (Wildman–Crippen MR) is 85.2 cm³/mol. The fourth-order valence-corrected chi connectivity index (χ4v) is 2.04. The van der Waals surface area contributed by atoms with E-state index in [1.165, 1.54) is 12.8 Å².